The SMILES string of the molecule is CCOc1ccc(C(=O)Oc2ccc3c(=O)c(Oc4ccc(Cl)cc4)c(C(F)(F)F)oc3c2CN2CCCCCC2)cc1. The molecule has 0 amide bonds. The molecule has 1 aliphatic heterocycles. The Morgan fingerprint density at radius 2 is 1.58 bits per heavy atom. The van der Waals surface area contributed by atoms with Crippen LogP contribution in [0.25, 0.3) is 11.0 Å². The number of halogens is 4. The molecular formula is C32H29ClF3NO6. The van der Waals surface area contributed by atoms with Gasteiger partial charge < -0.3 is 18.6 Å². The van der Waals surface area contributed by atoms with Crippen LogP contribution in [0.5, 0.6) is 23.0 Å². The van der Waals surface area contributed by atoms with Crippen molar-refractivity contribution in [2.24, 2.45) is 0 Å². The van der Waals surface area contributed by atoms with E-state index in [0.29, 0.717) is 30.5 Å². The standard InChI is InChI=1S/C32H29ClF3NO6/c1-2-40-22-11-7-20(8-12-22)31(39)42-26-16-15-24-27(38)29(41-23-13-9-21(33)10-14-23)30(32(34,35)36)43-28(24)25(26)19-37-17-5-3-4-6-18-37/h7-16H,2-6,17-19H2,1H3. The number of alkyl halides is 3. The third-order valence-electron chi connectivity index (χ3n) is 7.05. The van der Waals surface area contributed by atoms with Crippen LogP contribution in [0.2, 0.25) is 5.02 Å². The van der Waals surface area contributed by atoms with E-state index in [2.05, 4.69) is 4.90 Å². The molecule has 0 unspecified atom stereocenters. The molecule has 0 N–H and O–H groups in total. The molecule has 43 heavy (non-hydrogen) atoms. The van der Waals surface area contributed by atoms with Crippen LogP contribution in [0.4, 0.5) is 13.2 Å². The molecule has 2 heterocycles. The van der Waals surface area contributed by atoms with E-state index in [1.54, 1.807) is 12.1 Å². The average molecular weight is 616 g/mol. The Morgan fingerprint density at radius 1 is 0.930 bits per heavy atom. The highest BCUT2D eigenvalue weighted by molar-refractivity contribution is 6.30. The lowest BCUT2D eigenvalue weighted by molar-refractivity contribution is -0.154. The first-order chi connectivity index (χ1) is 20.6. The van der Waals surface area contributed by atoms with E-state index in [-0.39, 0.29) is 40.1 Å². The minimum Gasteiger partial charge on any atom is -0.494 e. The summed E-state index contributed by atoms with van der Waals surface area (Å²) in [7, 11) is 0. The quantitative estimate of drug-likeness (QED) is 0.146. The largest absolute Gasteiger partial charge is 0.494 e. The lowest BCUT2D eigenvalue weighted by Gasteiger charge is -2.22. The Morgan fingerprint density at radius 3 is 2.21 bits per heavy atom. The first-order valence-corrected chi connectivity index (χ1v) is 14.3. The van der Waals surface area contributed by atoms with Gasteiger partial charge in [-0.2, -0.15) is 13.2 Å². The van der Waals surface area contributed by atoms with Gasteiger partial charge in [-0.25, -0.2) is 4.79 Å². The topological polar surface area (TPSA) is 78.2 Å². The molecule has 7 nitrogen and oxygen atoms in total. The van der Waals surface area contributed by atoms with Crippen molar-refractivity contribution in [3.63, 3.8) is 0 Å². The van der Waals surface area contributed by atoms with E-state index in [4.69, 9.17) is 30.2 Å². The van der Waals surface area contributed by atoms with Crippen molar-refractivity contribution in [3.8, 4) is 23.0 Å². The molecule has 11 heteroatoms. The highest BCUT2D eigenvalue weighted by Gasteiger charge is 2.41. The Balaban J connectivity index is 1.62. The normalized spacial score (nSPS) is 14.3. The minimum absolute atomic E-state index is 0.00160. The first-order valence-electron chi connectivity index (χ1n) is 13.9. The van der Waals surface area contributed by atoms with Crippen LogP contribution in [0.1, 0.15) is 54.3 Å². The number of hydrogen-bond donors (Lipinski definition) is 0. The van der Waals surface area contributed by atoms with E-state index >= 15 is 0 Å². The molecule has 0 aliphatic carbocycles. The van der Waals surface area contributed by atoms with Gasteiger partial charge in [0.05, 0.1) is 23.1 Å². The van der Waals surface area contributed by atoms with Crippen LogP contribution in [0.3, 0.4) is 0 Å². The fourth-order valence-electron chi connectivity index (χ4n) is 4.95. The summed E-state index contributed by atoms with van der Waals surface area (Å²) in [4.78, 5) is 28.7. The predicted octanol–water partition coefficient (Wildman–Crippen LogP) is 8.25. The number of carbonyl (C=O) groups is 1. The first kappa shape index (κ1) is 30.4. The molecule has 0 bridgehead atoms. The van der Waals surface area contributed by atoms with Crippen molar-refractivity contribution in [1.29, 1.82) is 0 Å². The highest BCUT2D eigenvalue weighted by atomic mass is 35.5. The van der Waals surface area contributed by atoms with Gasteiger partial charge in [-0.3, -0.25) is 9.69 Å². The van der Waals surface area contributed by atoms with Crippen LogP contribution in [-0.2, 0) is 12.7 Å². The Hall–Kier alpha value is -4.02. The van der Waals surface area contributed by atoms with E-state index in [0.717, 1.165) is 25.7 Å². The van der Waals surface area contributed by atoms with Gasteiger partial charge in [0.1, 0.15) is 22.8 Å². The van der Waals surface area contributed by atoms with Gasteiger partial charge >= 0.3 is 12.1 Å². The van der Waals surface area contributed by atoms with Gasteiger partial charge in [0.15, 0.2) is 0 Å². The van der Waals surface area contributed by atoms with E-state index in [9.17, 15) is 22.8 Å². The van der Waals surface area contributed by atoms with Gasteiger partial charge in [0.25, 0.3) is 5.76 Å². The zero-order chi connectivity index (χ0) is 30.6. The molecule has 1 saturated heterocycles. The molecule has 4 aromatic rings. The molecule has 226 valence electrons. The molecule has 0 spiro atoms. The molecule has 1 fully saturated rings. The maximum Gasteiger partial charge on any atom is 0.453 e. The van der Waals surface area contributed by atoms with Gasteiger partial charge in [0, 0.05) is 11.6 Å². The lowest BCUT2D eigenvalue weighted by Crippen LogP contribution is -2.25. The second-order valence-electron chi connectivity index (χ2n) is 10.1. The van der Waals surface area contributed by atoms with Crippen molar-refractivity contribution in [2.45, 2.75) is 45.3 Å². The van der Waals surface area contributed by atoms with Gasteiger partial charge in [-0.1, -0.05) is 24.4 Å². The minimum atomic E-state index is -5.07. The van der Waals surface area contributed by atoms with Crippen molar-refractivity contribution >= 4 is 28.5 Å². The van der Waals surface area contributed by atoms with Crippen molar-refractivity contribution in [1.82, 2.24) is 4.90 Å². The van der Waals surface area contributed by atoms with Gasteiger partial charge in [-0.05, 0) is 93.5 Å². The number of hydrogen-bond acceptors (Lipinski definition) is 7. The smallest absolute Gasteiger partial charge is 0.453 e. The number of likely N-dealkylation sites (tertiary alicyclic amines) is 1. The molecule has 5 rings (SSSR count). The second kappa shape index (κ2) is 13.1. The predicted molar refractivity (Wildman–Crippen MR) is 155 cm³/mol. The van der Waals surface area contributed by atoms with Crippen LogP contribution in [0.15, 0.2) is 69.9 Å². The summed E-state index contributed by atoms with van der Waals surface area (Å²) in [6.07, 6.45) is -1.19. The highest BCUT2D eigenvalue weighted by Crippen LogP contribution is 2.40. The van der Waals surface area contributed by atoms with Crippen molar-refractivity contribution in [2.75, 3.05) is 19.7 Å². The van der Waals surface area contributed by atoms with E-state index < -0.39 is 29.1 Å². The zero-order valence-corrected chi connectivity index (χ0v) is 24.1. The van der Waals surface area contributed by atoms with Crippen LogP contribution >= 0.6 is 11.6 Å². The van der Waals surface area contributed by atoms with E-state index in [1.165, 1.54) is 48.5 Å². The molecule has 1 aliphatic rings. The summed E-state index contributed by atoms with van der Waals surface area (Å²) >= 11 is 5.88. The summed E-state index contributed by atoms with van der Waals surface area (Å²) in [5, 5.41) is 0.210. The summed E-state index contributed by atoms with van der Waals surface area (Å²) in [5.74, 6) is -2.76. The van der Waals surface area contributed by atoms with Crippen molar-refractivity contribution in [3.05, 3.63) is 92.8 Å². The van der Waals surface area contributed by atoms with Crippen LogP contribution < -0.4 is 19.6 Å². The number of esters is 1. The number of carbonyl (C=O) groups excluding carboxylic acids is 1. The maximum atomic E-state index is 14.3. The lowest BCUT2D eigenvalue weighted by atomic mass is 10.1. The monoisotopic (exact) mass is 615 g/mol. The third kappa shape index (κ3) is 7.14. The number of rotatable bonds is 8. The molecule has 0 saturated carbocycles. The number of benzene rings is 3. The maximum absolute atomic E-state index is 14.3. The summed E-state index contributed by atoms with van der Waals surface area (Å²) in [5.41, 5.74) is -0.945. The summed E-state index contributed by atoms with van der Waals surface area (Å²) in [6.45, 7) is 3.79. The third-order valence-corrected chi connectivity index (χ3v) is 7.31. The fourth-order valence-corrected chi connectivity index (χ4v) is 5.08. The number of nitrogens with zero attached hydrogens (tertiary/aromatic N) is 1. The van der Waals surface area contributed by atoms with E-state index in [1.807, 2.05) is 6.92 Å². The molecule has 0 atom stereocenters. The van der Waals surface area contributed by atoms with Crippen LogP contribution in [0, 0.1) is 0 Å². The Kier molecular flexibility index (Phi) is 9.27. The Labute approximate surface area is 250 Å². The zero-order valence-electron chi connectivity index (χ0n) is 23.3. The number of ether oxygens (including phenoxy) is 3. The molecular weight excluding hydrogens is 587 g/mol. The van der Waals surface area contributed by atoms with Crippen LogP contribution in [-0.4, -0.2) is 30.6 Å². The Bertz CT molecular complexity index is 1640. The number of fused-ring (bicyclic) bond motifs is 1. The van der Waals surface area contributed by atoms with Crippen molar-refractivity contribution < 1.29 is 36.6 Å². The summed E-state index contributed by atoms with van der Waals surface area (Å²) in [6, 6.07) is 14.5. The average Bonchev–Trinajstić information content (AvgIpc) is 3.25. The fraction of sp³-hybridized carbons (Fsp3) is 0.312. The second-order valence-corrected chi connectivity index (χ2v) is 10.5. The van der Waals surface area contributed by atoms with Gasteiger partial charge in [0.2, 0.25) is 11.2 Å². The molecule has 1 aromatic heterocycles. The molecule has 0 radical (unpaired) electrons. The van der Waals surface area contributed by atoms with Gasteiger partial charge in [-0.15, -0.1) is 0 Å². The summed E-state index contributed by atoms with van der Waals surface area (Å²) < 4.78 is 65.1. The molecule has 3 aromatic carbocycles.